The number of nitrogens with two attached hydrogens (primary N) is 1. The molecule has 0 saturated carbocycles. The van der Waals surface area contributed by atoms with Gasteiger partial charge in [-0.15, -0.1) is 0 Å². The molecule has 7 heteroatoms. The number of alkyl halides is 3. The summed E-state index contributed by atoms with van der Waals surface area (Å²) in [5.41, 5.74) is 2.90. The number of para-hydroxylation sites is 1. The molecule has 0 radical (unpaired) electrons. The normalized spacial score (nSPS) is 12.2. The van der Waals surface area contributed by atoms with Crippen LogP contribution in [0, 0.1) is 0 Å². The van der Waals surface area contributed by atoms with Gasteiger partial charge in [-0.25, -0.2) is 0 Å². The molecule has 1 aromatic heterocycles. The summed E-state index contributed by atoms with van der Waals surface area (Å²) in [5.74, 6) is -0.0564. The average Bonchev–Trinajstić information content (AvgIpc) is 2.66. The van der Waals surface area contributed by atoms with Gasteiger partial charge in [0.1, 0.15) is 0 Å². The van der Waals surface area contributed by atoms with Crippen molar-refractivity contribution in [1.29, 1.82) is 0 Å². The molecule has 0 atom stereocenters. The number of aryl methyl sites for hydroxylation is 1. The maximum atomic E-state index is 12.1. The van der Waals surface area contributed by atoms with Gasteiger partial charge in [0.2, 0.25) is 0 Å². The van der Waals surface area contributed by atoms with Crippen molar-refractivity contribution in [2.45, 2.75) is 18.6 Å². The van der Waals surface area contributed by atoms with Crippen molar-refractivity contribution >= 4 is 22.7 Å². The molecule has 0 aliphatic carbocycles. The van der Waals surface area contributed by atoms with E-state index < -0.39 is 5.51 Å². The minimum absolute atomic E-state index is 0.0383. The molecule has 0 aliphatic rings. The maximum Gasteiger partial charge on any atom is 0.441 e. The lowest BCUT2D eigenvalue weighted by Crippen LogP contribution is -2.08. The van der Waals surface area contributed by atoms with Gasteiger partial charge in [-0.1, -0.05) is 18.2 Å². The second-order valence-corrected chi connectivity index (χ2v) is 4.85. The predicted molar refractivity (Wildman–Crippen MR) is 66.1 cm³/mol. The number of hydrogen-bond donors (Lipinski definition) is 1. The van der Waals surface area contributed by atoms with E-state index in [2.05, 4.69) is 5.10 Å². The number of nitrogens with zero attached hydrogens (tertiary/aromatic N) is 2. The molecule has 2 N–H and O–H groups in total. The first kappa shape index (κ1) is 13.2. The van der Waals surface area contributed by atoms with Crippen LogP contribution in [0.25, 0.3) is 10.9 Å². The highest BCUT2D eigenvalue weighted by Gasteiger charge is 2.27. The highest BCUT2D eigenvalue weighted by atomic mass is 32.2. The molecule has 0 aliphatic heterocycles. The van der Waals surface area contributed by atoms with Gasteiger partial charge >= 0.3 is 5.51 Å². The summed E-state index contributed by atoms with van der Waals surface area (Å²) in [6.07, 6.45) is 0. The Hall–Kier alpha value is -1.21. The lowest BCUT2D eigenvalue weighted by Gasteiger charge is -2.06. The van der Waals surface area contributed by atoms with E-state index in [1.807, 2.05) is 24.3 Å². The topological polar surface area (TPSA) is 43.8 Å². The monoisotopic (exact) mass is 275 g/mol. The summed E-state index contributed by atoms with van der Waals surface area (Å²) in [5, 5.41) is 5.14. The van der Waals surface area contributed by atoms with Crippen LogP contribution in [0.5, 0.6) is 0 Å². The fourth-order valence-electron chi connectivity index (χ4n) is 1.77. The summed E-state index contributed by atoms with van der Waals surface area (Å²) < 4.78 is 37.8. The Morgan fingerprint density at radius 2 is 2.00 bits per heavy atom. The molecule has 2 rings (SSSR count). The molecule has 18 heavy (non-hydrogen) atoms. The van der Waals surface area contributed by atoms with E-state index in [0.29, 0.717) is 5.69 Å². The van der Waals surface area contributed by atoms with E-state index in [1.165, 1.54) is 0 Å². The summed E-state index contributed by atoms with van der Waals surface area (Å²) in [6.45, 7) is 0.491. The zero-order valence-corrected chi connectivity index (χ0v) is 10.3. The zero-order chi connectivity index (χ0) is 13.2. The second-order valence-electron chi connectivity index (χ2n) is 3.69. The van der Waals surface area contributed by atoms with Gasteiger partial charge in [0.25, 0.3) is 0 Å². The van der Waals surface area contributed by atoms with Crippen LogP contribution >= 0.6 is 11.8 Å². The standard InChI is InChI=1S/C11H12F3N3S/c12-11(13,14)18-6-5-17-10-4-2-1-3-8(10)9(7-15)16-17/h1-4H,5-7,15H2. The van der Waals surface area contributed by atoms with Crippen LogP contribution in [-0.4, -0.2) is 21.0 Å². The molecule has 1 heterocycles. The summed E-state index contributed by atoms with van der Waals surface area (Å²) in [7, 11) is 0. The van der Waals surface area contributed by atoms with Crippen LogP contribution in [0.15, 0.2) is 24.3 Å². The molecule has 0 amide bonds. The van der Waals surface area contributed by atoms with Crippen LogP contribution in [0.2, 0.25) is 0 Å². The van der Waals surface area contributed by atoms with Crippen molar-refractivity contribution in [3.8, 4) is 0 Å². The minimum Gasteiger partial charge on any atom is -0.325 e. The molecule has 3 nitrogen and oxygen atoms in total. The number of hydrogen-bond acceptors (Lipinski definition) is 3. The van der Waals surface area contributed by atoms with Crippen LogP contribution in [-0.2, 0) is 13.1 Å². The molecule has 2 aromatic rings. The molecular weight excluding hydrogens is 263 g/mol. The van der Waals surface area contributed by atoms with E-state index in [4.69, 9.17) is 5.73 Å². The number of fused-ring (bicyclic) bond motifs is 1. The molecule has 0 saturated heterocycles. The van der Waals surface area contributed by atoms with Gasteiger partial charge in [-0.05, 0) is 17.8 Å². The molecule has 0 fully saturated rings. The van der Waals surface area contributed by atoms with Crippen LogP contribution in [0.4, 0.5) is 13.2 Å². The highest BCUT2D eigenvalue weighted by molar-refractivity contribution is 8.00. The Kier molecular flexibility index (Phi) is 3.82. The van der Waals surface area contributed by atoms with Crippen molar-refractivity contribution in [3.05, 3.63) is 30.0 Å². The van der Waals surface area contributed by atoms with E-state index in [9.17, 15) is 13.2 Å². The Balaban J connectivity index is 2.18. The maximum absolute atomic E-state index is 12.1. The molecule has 0 spiro atoms. The molecule has 1 aromatic carbocycles. The van der Waals surface area contributed by atoms with Crippen LogP contribution < -0.4 is 5.73 Å². The SMILES string of the molecule is NCc1nn(CCSC(F)(F)F)c2ccccc12. The van der Waals surface area contributed by atoms with Gasteiger partial charge in [0.15, 0.2) is 0 Å². The van der Waals surface area contributed by atoms with Gasteiger partial charge in [0, 0.05) is 17.7 Å². The van der Waals surface area contributed by atoms with Crippen molar-refractivity contribution in [1.82, 2.24) is 9.78 Å². The van der Waals surface area contributed by atoms with Crippen molar-refractivity contribution in [2.75, 3.05) is 5.75 Å². The molecule has 0 bridgehead atoms. The number of halogens is 3. The predicted octanol–water partition coefficient (Wildman–Crippen LogP) is 2.75. The van der Waals surface area contributed by atoms with Crippen LogP contribution in [0.3, 0.4) is 0 Å². The third kappa shape index (κ3) is 2.97. The van der Waals surface area contributed by atoms with Crippen molar-refractivity contribution < 1.29 is 13.2 Å². The van der Waals surface area contributed by atoms with E-state index in [-0.39, 0.29) is 30.6 Å². The first-order valence-electron chi connectivity index (χ1n) is 5.36. The quantitative estimate of drug-likeness (QED) is 0.933. The molecular formula is C11H12F3N3S. The van der Waals surface area contributed by atoms with Crippen LogP contribution in [0.1, 0.15) is 5.69 Å². The van der Waals surface area contributed by atoms with Crippen molar-refractivity contribution in [2.24, 2.45) is 5.73 Å². The third-order valence-electron chi connectivity index (χ3n) is 2.50. The first-order valence-corrected chi connectivity index (χ1v) is 6.35. The molecule has 0 unspecified atom stereocenters. The van der Waals surface area contributed by atoms with Crippen molar-refractivity contribution in [3.63, 3.8) is 0 Å². The average molecular weight is 275 g/mol. The smallest absolute Gasteiger partial charge is 0.325 e. The van der Waals surface area contributed by atoms with Gasteiger partial charge in [-0.3, -0.25) is 4.68 Å². The lowest BCUT2D eigenvalue weighted by atomic mass is 10.2. The second kappa shape index (κ2) is 5.19. The van der Waals surface area contributed by atoms with E-state index >= 15 is 0 Å². The Morgan fingerprint density at radius 1 is 1.28 bits per heavy atom. The zero-order valence-electron chi connectivity index (χ0n) is 9.44. The third-order valence-corrected chi connectivity index (χ3v) is 3.21. The molecule has 98 valence electrons. The highest BCUT2D eigenvalue weighted by Crippen LogP contribution is 2.30. The Labute approximate surface area is 106 Å². The van der Waals surface area contributed by atoms with Gasteiger partial charge in [0.05, 0.1) is 17.8 Å². The van der Waals surface area contributed by atoms with E-state index in [1.54, 1.807) is 4.68 Å². The van der Waals surface area contributed by atoms with Gasteiger partial charge in [-0.2, -0.15) is 18.3 Å². The summed E-state index contributed by atoms with van der Waals surface area (Å²) in [6, 6.07) is 7.40. The fourth-order valence-corrected chi connectivity index (χ4v) is 2.26. The first-order chi connectivity index (χ1) is 8.51. The van der Waals surface area contributed by atoms with E-state index in [0.717, 1.165) is 10.9 Å². The number of rotatable bonds is 4. The minimum atomic E-state index is -4.19. The fraction of sp³-hybridized carbons (Fsp3) is 0.364. The summed E-state index contributed by atoms with van der Waals surface area (Å²) in [4.78, 5) is 0. The number of benzene rings is 1. The summed E-state index contributed by atoms with van der Waals surface area (Å²) >= 11 is -0.0383. The Morgan fingerprint density at radius 3 is 2.67 bits per heavy atom. The number of thioether (sulfide) groups is 1. The number of aromatic nitrogens is 2. The lowest BCUT2D eigenvalue weighted by molar-refractivity contribution is -0.0328. The largest absolute Gasteiger partial charge is 0.441 e. The Bertz CT molecular complexity index is 536. The van der Waals surface area contributed by atoms with Gasteiger partial charge < -0.3 is 5.73 Å².